The first kappa shape index (κ1) is 42.0. The molecule has 0 aliphatic carbocycles. The summed E-state index contributed by atoms with van der Waals surface area (Å²) in [6, 6.07) is 43.6. The van der Waals surface area contributed by atoms with Crippen LogP contribution in [0, 0.1) is 0 Å². The second-order valence-corrected chi connectivity index (χ2v) is 20.8. The van der Waals surface area contributed by atoms with Crippen molar-refractivity contribution in [2.24, 2.45) is 0 Å². The molecular formula is C56H59N7O2. The quantitative estimate of drug-likeness (QED) is 0.157. The maximum Gasteiger partial charge on any atom is 0.219 e. The number of anilines is 6. The van der Waals surface area contributed by atoms with Gasteiger partial charge in [0.15, 0.2) is 0 Å². The van der Waals surface area contributed by atoms with Crippen molar-refractivity contribution in [1.29, 1.82) is 0 Å². The SMILES string of the molecule is CN1CN(c2ccc3c4ccc(N5CN(C)c6ccccc65)cc4n(-c4cc(Oc5cc(C(C)(C)C)ccn5)c(C(C)(C)C)c(Oc5cc(C(C)(C)C)ccn5)c4)c3c2)c2ccccc21. The molecule has 0 fully saturated rings. The highest BCUT2D eigenvalue weighted by Gasteiger charge is 2.31. The molecule has 330 valence electrons. The van der Waals surface area contributed by atoms with E-state index < -0.39 is 5.41 Å². The molecule has 3 aromatic heterocycles. The maximum atomic E-state index is 7.05. The Kier molecular flexibility index (Phi) is 9.90. The highest BCUT2D eigenvalue weighted by molar-refractivity contribution is 6.11. The van der Waals surface area contributed by atoms with E-state index in [1.54, 1.807) is 0 Å². The Morgan fingerprint density at radius 1 is 0.446 bits per heavy atom. The van der Waals surface area contributed by atoms with Crippen LogP contribution in [-0.2, 0) is 16.2 Å². The fourth-order valence-corrected chi connectivity index (χ4v) is 9.50. The predicted octanol–water partition coefficient (Wildman–Crippen LogP) is 14.1. The van der Waals surface area contributed by atoms with Crippen LogP contribution in [0.15, 0.2) is 134 Å². The minimum atomic E-state index is -0.405. The van der Waals surface area contributed by atoms with Gasteiger partial charge in [0.05, 0.1) is 52.8 Å². The van der Waals surface area contributed by atoms with Crippen LogP contribution in [0.5, 0.6) is 23.3 Å². The Hall–Kier alpha value is -7.00. The van der Waals surface area contributed by atoms with E-state index in [4.69, 9.17) is 19.4 Å². The Morgan fingerprint density at radius 3 is 1.26 bits per heavy atom. The molecule has 8 aromatic rings. The molecule has 0 atom stereocenters. The van der Waals surface area contributed by atoms with E-state index in [-0.39, 0.29) is 10.8 Å². The first-order chi connectivity index (χ1) is 30.9. The van der Waals surface area contributed by atoms with Gasteiger partial charge in [0, 0.05) is 78.5 Å². The van der Waals surface area contributed by atoms with E-state index >= 15 is 0 Å². The van der Waals surface area contributed by atoms with E-state index in [9.17, 15) is 0 Å². The molecule has 0 amide bonds. The van der Waals surface area contributed by atoms with Crippen LogP contribution in [0.4, 0.5) is 34.1 Å². The molecule has 0 unspecified atom stereocenters. The molecule has 0 N–H and O–H groups in total. The molecule has 0 saturated heterocycles. The molecule has 9 nitrogen and oxygen atoms in total. The molecule has 5 heterocycles. The van der Waals surface area contributed by atoms with Crippen molar-refractivity contribution < 1.29 is 9.47 Å². The highest BCUT2D eigenvalue weighted by atomic mass is 16.5. The van der Waals surface area contributed by atoms with Crippen LogP contribution in [0.3, 0.4) is 0 Å². The van der Waals surface area contributed by atoms with E-state index in [1.807, 2.05) is 12.4 Å². The molecule has 10 rings (SSSR count). The highest BCUT2D eigenvalue weighted by Crippen LogP contribution is 2.48. The summed E-state index contributed by atoms with van der Waals surface area (Å²) in [5.74, 6) is 2.39. The van der Waals surface area contributed by atoms with E-state index in [1.165, 1.54) is 22.7 Å². The standard InChI is InChI=1S/C56H59N7O2/c1-54(2,3)36-24-26-57-51(28-36)64-49-32-40(33-50(53(49)56(7,8)9)65-52-29-37(25-27-58-52)55(4,5)6)63-47-30-38(61-34-59(10)43-16-12-14-18-45(43)61)20-22-41(47)42-23-21-39(31-48(42)63)62-35-60(11)44-17-13-15-19-46(44)62/h12-33H,34-35H2,1-11H3. The maximum absolute atomic E-state index is 7.05. The Balaban J connectivity index is 1.24. The number of pyridine rings is 2. The Labute approximate surface area is 383 Å². The van der Waals surface area contributed by atoms with Gasteiger partial charge >= 0.3 is 0 Å². The lowest BCUT2D eigenvalue weighted by Crippen LogP contribution is -2.24. The number of hydrogen-bond acceptors (Lipinski definition) is 8. The minimum absolute atomic E-state index is 0.0958. The predicted molar refractivity (Wildman–Crippen MR) is 269 cm³/mol. The zero-order chi connectivity index (χ0) is 45.6. The van der Waals surface area contributed by atoms with E-state index in [0.717, 1.165) is 68.9 Å². The third kappa shape index (κ3) is 7.56. The fourth-order valence-electron chi connectivity index (χ4n) is 9.50. The zero-order valence-electron chi connectivity index (χ0n) is 39.6. The Bertz CT molecular complexity index is 2930. The third-order valence-corrected chi connectivity index (χ3v) is 12.9. The average Bonchev–Trinajstić information content (AvgIpc) is 3.90. The van der Waals surface area contributed by atoms with Gasteiger partial charge in [0.1, 0.15) is 11.5 Å². The second-order valence-electron chi connectivity index (χ2n) is 20.8. The van der Waals surface area contributed by atoms with Gasteiger partial charge in [-0.1, -0.05) is 98.7 Å². The summed E-state index contributed by atoms with van der Waals surface area (Å²) in [6.07, 6.45) is 3.68. The second kappa shape index (κ2) is 15.3. The normalized spacial score (nSPS) is 14.1. The summed E-state index contributed by atoms with van der Waals surface area (Å²) in [7, 11) is 4.31. The van der Waals surface area contributed by atoms with Gasteiger partial charge in [-0.25, -0.2) is 9.97 Å². The number of aromatic nitrogens is 3. The van der Waals surface area contributed by atoms with Crippen molar-refractivity contribution in [3.8, 4) is 28.9 Å². The largest absolute Gasteiger partial charge is 0.439 e. The number of fused-ring (bicyclic) bond motifs is 5. The number of ether oxygens (including phenoxy) is 2. The molecule has 65 heavy (non-hydrogen) atoms. The summed E-state index contributed by atoms with van der Waals surface area (Å²) in [6.45, 7) is 21.3. The molecular weight excluding hydrogens is 803 g/mol. The van der Waals surface area contributed by atoms with Gasteiger partial charge in [-0.15, -0.1) is 0 Å². The fraction of sp³-hybridized carbons (Fsp3) is 0.286. The third-order valence-electron chi connectivity index (χ3n) is 12.9. The first-order valence-corrected chi connectivity index (χ1v) is 22.6. The van der Waals surface area contributed by atoms with Gasteiger partial charge in [0.2, 0.25) is 11.8 Å². The molecule has 0 bridgehead atoms. The molecule has 0 radical (unpaired) electrons. The van der Waals surface area contributed by atoms with Crippen LogP contribution < -0.4 is 29.1 Å². The molecule has 9 heteroatoms. The van der Waals surface area contributed by atoms with Crippen LogP contribution >= 0.6 is 0 Å². The van der Waals surface area contributed by atoms with Gasteiger partial charge in [0.25, 0.3) is 0 Å². The summed E-state index contributed by atoms with van der Waals surface area (Å²) < 4.78 is 16.5. The molecule has 2 aliphatic rings. The van der Waals surface area contributed by atoms with Crippen molar-refractivity contribution in [3.05, 3.63) is 150 Å². The molecule has 0 spiro atoms. The lowest BCUT2D eigenvalue weighted by Gasteiger charge is -2.27. The summed E-state index contributed by atoms with van der Waals surface area (Å²) >= 11 is 0. The monoisotopic (exact) mass is 861 g/mol. The lowest BCUT2D eigenvalue weighted by atomic mass is 9.85. The van der Waals surface area contributed by atoms with E-state index in [0.29, 0.717) is 23.3 Å². The topological polar surface area (TPSA) is 62.1 Å². The first-order valence-electron chi connectivity index (χ1n) is 22.6. The number of rotatable bonds is 7. The van der Waals surface area contributed by atoms with Gasteiger partial charge in [-0.3, -0.25) is 0 Å². The van der Waals surface area contributed by atoms with Crippen LogP contribution in [-0.4, -0.2) is 42.0 Å². The number of para-hydroxylation sites is 4. The zero-order valence-corrected chi connectivity index (χ0v) is 39.6. The summed E-state index contributed by atoms with van der Waals surface area (Å²) in [5, 5.41) is 2.30. The van der Waals surface area contributed by atoms with Gasteiger partial charge in [-0.2, -0.15) is 0 Å². The molecule has 2 aliphatic heterocycles. The average molecular weight is 862 g/mol. The van der Waals surface area contributed by atoms with Crippen molar-refractivity contribution in [2.75, 3.05) is 47.0 Å². The van der Waals surface area contributed by atoms with Crippen LogP contribution in [0.1, 0.15) is 79.0 Å². The molecule has 0 saturated carbocycles. The van der Waals surface area contributed by atoms with Crippen molar-refractivity contribution in [2.45, 2.75) is 78.6 Å². The number of hydrogen-bond donors (Lipinski definition) is 0. The van der Waals surface area contributed by atoms with Gasteiger partial charge < -0.3 is 33.6 Å². The lowest BCUT2D eigenvalue weighted by molar-refractivity contribution is 0.405. The van der Waals surface area contributed by atoms with Crippen LogP contribution in [0.25, 0.3) is 27.5 Å². The number of benzene rings is 5. The minimum Gasteiger partial charge on any atom is -0.439 e. The Morgan fingerprint density at radius 2 is 0.862 bits per heavy atom. The van der Waals surface area contributed by atoms with Crippen molar-refractivity contribution in [1.82, 2.24) is 14.5 Å². The van der Waals surface area contributed by atoms with Gasteiger partial charge in [-0.05, 0) is 88.0 Å². The van der Waals surface area contributed by atoms with Crippen molar-refractivity contribution >= 4 is 55.9 Å². The smallest absolute Gasteiger partial charge is 0.219 e. The van der Waals surface area contributed by atoms with Crippen molar-refractivity contribution in [3.63, 3.8) is 0 Å². The summed E-state index contributed by atoms with van der Waals surface area (Å²) in [5.41, 5.74) is 12.7. The summed E-state index contributed by atoms with van der Waals surface area (Å²) in [4.78, 5) is 18.9. The number of nitrogens with zero attached hydrogens (tertiary/aromatic N) is 7. The molecule has 5 aromatic carbocycles. The van der Waals surface area contributed by atoms with Crippen LogP contribution in [0.2, 0.25) is 0 Å². The van der Waals surface area contributed by atoms with E-state index in [2.05, 4.69) is 222 Å².